The molecule has 0 bridgehead atoms. The number of rotatable bonds is 5. The van der Waals surface area contributed by atoms with Crippen molar-refractivity contribution < 1.29 is 0 Å². The van der Waals surface area contributed by atoms with Crippen LogP contribution in [0, 0.1) is 0 Å². The highest BCUT2D eigenvalue weighted by Gasteiger charge is 2.10. The number of hydrogen-bond donors (Lipinski definition) is 1. The van der Waals surface area contributed by atoms with Crippen molar-refractivity contribution in [1.29, 1.82) is 0 Å². The van der Waals surface area contributed by atoms with Gasteiger partial charge < -0.3 is 5.32 Å². The summed E-state index contributed by atoms with van der Waals surface area (Å²) < 4.78 is 1.28. The minimum absolute atomic E-state index is 0.130. The van der Waals surface area contributed by atoms with Gasteiger partial charge in [0, 0.05) is 24.9 Å². The molecule has 0 aliphatic heterocycles. The molecule has 6 heteroatoms. The zero-order valence-electron chi connectivity index (χ0n) is 12.3. The lowest BCUT2D eigenvalue weighted by Gasteiger charge is -2.10. The fourth-order valence-electron chi connectivity index (χ4n) is 2.18. The second kappa shape index (κ2) is 7.07. The van der Waals surface area contributed by atoms with Crippen molar-refractivity contribution in [3.8, 4) is 5.69 Å². The van der Waals surface area contributed by atoms with E-state index in [1.54, 1.807) is 24.5 Å². The van der Waals surface area contributed by atoms with E-state index in [9.17, 15) is 4.79 Å². The average molecular weight is 327 g/mol. The number of anilines is 1. The molecule has 0 spiro atoms. The highest BCUT2D eigenvalue weighted by atomic mass is 35.5. The summed E-state index contributed by atoms with van der Waals surface area (Å²) in [5.74, 6) is 0. The molecule has 0 aliphatic rings. The number of nitrogens with one attached hydrogen (secondary N) is 1. The molecule has 1 aromatic carbocycles. The SMILES string of the molecule is O=c1c(Cl)c(NCCc2ccccn2)cnn1-c1ccccc1. The first-order valence-electron chi connectivity index (χ1n) is 7.23. The summed E-state index contributed by atoms with van der Waals surface area (Å²) in [6.45, 7) is 0.618. The molecule has 0 aliphatic carbocycles. The normalized spacial score (nSPS) is 10.5. The van der Waals surface area contributed by atoms with Crippen LogP contribution in [-0.2, 0) is 6.42 Å². The van der Waals surface area contributed by atoms with E-state index >= 15 is 0 Å². The maximum atomic E-state index is 12.3. The molecule has 2 heterocycles. The largest absolute Gasteiger partial charge is 0.382 e. The van der Waals surface area contributed by atoms with Crippen LogP contribution < -0.4 is 10.9 Å². The highest BCUT2D eigenvalue weighted by Crippen LogP contribution is 2.16. The Labute approximate surface area is 138 Å². The third-order valence-electron chi connectivity index (χ3n) is 3.34. The molecule has 116 valence electrons. The zero-order chi connectivity index (χ0) is 16.1. The van der Waals surface area contributed by atoms with Crippen LogP contribution in [0.3, 0.4) is 0 Å². The Kier molecular flexibility index (Phi) is 4.68. The molecule has 0 unspecified atom stereocenters. The Morgan fingerprint density at radius 3 is 2.61 bits per heavy atom. The number of benzene rings is 1. The standard InChI is InChI=1S/C17H15ClN4O/c18-16-15(20-11-9-13-6-4-5-10-19-13)12-21-22(17(16)23)14-7-2-1-3-8-14/h1-8,10,12,20H,9,11H2. The van der Waals surface area contributed by atoms with Crippen LogP contribution in [0.15, 0.2) is 65.7 Å². The molecule has 3 rings (SSSR count). The summed E-state index contributed by atoms with van der Waals surface area (Å²) in [4.78, 5) is 16.6. The molecule has 0 amide bonds. The third-order valence-corrected chi connectivity index (χ3v) is 3.71. The summed E-state index contributed by atoms with van der Waals surface area (Å²) in [7, 11) is 0. The highest BCUT2D eigenvalue weighted by molar-refractivity contribution is 6.32. The molecular weight excluding hydrogens is 312 g/mol. The molecule has 0 saturated heterocycles. The topological polar surface area (TPSA) is 59.8 Å². The van der Waals surface area contributed by atoms with Gasteiger partial charge in [-0.1, -0.05) is 35.9 Å². The smallest absolute Gasteiger partial charge is 0.292 e. The lowest BCUT2D eigenvalue weighted by molar-refractivity contribution is 0.806. The second-order valence-corrected chi connectivity index (χ2v) is 5.30. The lowest BCUT2D eigenvalue weighted by Crippen LogP contribution is -2.23. The number of hydrogen-bond acceptors (Lipinski definition) is 4. The van der Waals surface area contributed by atoms with E-state index in [1.165, 1.54) is 4.68 Å². The van der Waals surface area contributed by atoms with Gasteiger partial charge in [0.15, 0.2) is 0 Å². The molecule has 0 saturated carbocycles. The van der Waals surface area contributed by atoms with Crippen molar-refractivity contribution in [3.63, 3.8) is 0 Å². The predicted octanol–water partition coefficient (Wildman–Crippen LogP) is 2.94. The minimum Gasteiger partial charge on any atom is -0.382 e. The Hall–Kier alpha value is -2.66. The quantitative estimate of drug-likeness (QED) is 0.783. The predicted molar refractivity (Wildman–Crippen MR) is 91.3 cm³/mol. The van der Waals surface area contributed by atoms with Gasteiger partial charge in [-0.2, -0.15) is 9.78 Å². The van der Waals surface area contributed by atoms with E-state index in [1.807, 2.05) is 36.4 Å². The van der Waals surface area contributed by atoms with Crippen molar-refractivity contribution in [2.75, 3.05) is 11.9 Å². The van der Waals surface area contributed by atoms with E-state index < -0.39 is 0 Å². The summed E-state index contributed by atoms with van der Waals surface area (Å²) in [5, 5.41) is 7.44. The fraction of sp³-hybridized carbons (Fsp3) is 0.118. The molecule has 0 fully saturated rings. The fourth-order valence-corrected chi connectivity index (χ4v) is 2.38. The molecule has 0 atom stereocenters. The number of para-hydroxylation sites is 1. The Morgan fingerprint density at radius 1 is 1.09 bits per heavy atom. The van der Waals surface area contributed by atoms with Gasteiger partial charge in [-0.15, -0.1) is 0 Å². The minimum atomic E-state index is -0.347. The first-order chi connectivity index (χ1) is 11.3. The number of aromatic nitrogens is 3. The van der Waals surface area contributed by atoms with Crippen molar-refractivity contribution >= 4 is 17.3 Å². The monoisotopic (exact) mass is 326 g/mol. The van der Waals surface area contributed by atoms with Crippen LogP contribution in [-0.4, -0.2) is 21.3 Å². The van der Waals surface area contributed by atoms with E-state index in [2.05, 4.69) is 15.4 Å². The molecular formula is C17H15ClN4O. The molecule has 23 heavy (non-hydrogen) atoms. The molecule has 2 aromatic heterocycles. The number of pyridine rings is 1. The van der Waals surface area contributed by atoms with Crippen LogP contribution in [0.25, 0.3) is 5.69 Å². The van der Waals surface area contributed by atoms with Crippen LogP contribution in [0.4, 0.5) is 5.69 Å². The summed E-state index contributed by atoms with van der Waals surface area (Å²) in [6, 6.07) is 14.9. The molecule has 0 radical (unpaired) electrons. The van der Waals surface area contributed by atoms with Gasteiger partial charge in [-0.25, -0.2) is 0 Å². The van der Waals surface area contributed by atoms with Gasteiger partial charge in [-0.05, 0) is 24.3 Å². The summed E-state index contributed by atoms with van der Waals surface area (Å²) in [5.41, 5.74) is 1.83. The van der Waals surface area contributed by atoms with E-state index in [4.69, 9.17) is 11.6 Å². The van der Waals surface area contributed by atoms with Gasteiger partial charge in [0.2, 0.25) is 0 Å². The zero-order valence-corrected chi connectivity index (χ0v) is 13.1. The Balaban J connectivity index is 1.74. The van der Waals surface area contributed by atoms with E-state index in [0.29, 0.717) is 17.9 Å². The van der Waals surface area contributed by atoms with Gasteiger partial charge in [0.05, 0.1) is 17.6 Å². The van der Waals surface area contributed by atoms with E-state index in [-0.39, 0.29) is 10.6 Å². The van der Waals surface area contributed by atoms with Gasteiger partial charge in [0.1, 0.15) is 5.02 Å². The van der Waals surface area contributed by atoms with Gasteiger partial charge in [0.25, 0.3) is 5.56 Å². The third kappa shape index (κ3) is 3.57. The van der Waals surface area contributed by atoms with Crippen LogP contribution in [0.2, 0.25) is 5.02 Å². The first kappa shape index (κ1) is 15.2. The molecule has 3 aromatic rings. The Morgan fingerprint density at radius 2 is 1.87 bits per heavy atom. The maximum absolute atomic E-state index is 12.3. The number of nitrogens with zero attached hydrogens (tertiary/aromatic N) is 3. The average Bonchev–Trinajstić information content (AvgIpc) is 2.60. The maximum Gasteiger partial charge on any atom is 0.292 e. The van der Waals surface area contributed by atoms with Gasteiger partial charge in [-0.3, -0.25) is 9.78 Å². The van der Waals surface area contributed by atoms with E-state index in [0.717, 1.165) is 12.1 Å². The van der Waals surface area contributed by atoms with Gasteiger partial charge >= 0.3 is 0 Å². The van der Waals surface area contributed by atoms with Crippen molar-refractivity contribution in [3.05, 3.63) is 82.0 Å². The lowest BCUT2D eigenvalue weighted by atomic mass is 10.2. The summed E-state index contributed by atoms with van der Waals surface area (Å²) >= 11 is 6.18. The van der Waals surface area contributed by atoms with Crippen LogP contribution in [0.5, 0.6) is 0 Å². The number of halogens is 1. The molecule has 1 N–H and O–H groups in total. The van der Waals surface area contributed by atoms with Crippen LogP contribution >= 0.6 is 11.6 Å². The first-order valence-corrected chi connectivity index (χ1v) is 7.60. The molecule has 5 nitrogen and oxygen atoms in total. The van der Waals surface area contributed by atoms with Crippen molar-refractivity contribution in [1.82, 2.24) is 14.8 Å². The summed E-state index contributed by atoms with van der Waals surface area (Å²) in [6.07, 6.45) is 4.05. The van der Waals surface area contributed by atoms with Crippen LogP contribution in [0.1, 0.15) is 5.69 Å². The van der Waals surface area contributed by atoms with Crippen molar-refractivity contribution in [2.24, 2.45) is 0 Å². The Bertz CT molecular complexity index is 834. The van der Waals surface area contributed by atoms with Crippen molar-refractivity contribution in [2.45, 2.75) is 6.42 Å². The second-order valence-electron chi connectivity index (χ2n) is 4.92.